The second kappa shape index (κ2) is 6.42. The molecule has 1 amide bonds. The highest BCUT2D eigenvalue weighted by molar-refractivity contribution is 7.99. The molecule has 1 aromatic carbocycles. The Balaban J connectivity index is 2.04. The lowest BCUT2D eigenvalue weighted by molar-refractivity contribution is -0.144. The van der Waals surface area contributed by atoms with Gasteiger partial charge < -0.3 is 15.0 Å². The van der Waals surface area contributed by atoms with Crippen molar-refractivity contribution in [2.75, 3.05) is 12.9 Å². The zero-order valence-electron chi connectivity index (χ0n) is 11.2. The third kappa shape index (κ3) is 3.51. The fourth-order valence-corrected chi connectivity index (χ4v) is 2.61. The van der Waals surface area contributed by atoms with Crippen LogP contribution in [-0.2, 0) is 14.3 Å². The summed E-state index contributed by atoms with van der Waals surface area (Å²) in [5.41, 5.74) is 1.80. The van der Waals surface area contributed by atoms with Crippen LogP contribution in [0.5, 0.6) is 0 Å². The Bertz CT molecular complexity index is 593. The first-order chi connectivity index (χ1) is 9.60. The topological polar surface area (TPSA) is 84.1 Å². The number of esters is 1. The maximum Gasteiger partial charge on any atom is 0.329 e. The number of hydrogen-bond acceptors (Lipinski definition) is 5. The van der Waals surface area contributed by atoms with E-state index in [4.69, 9.17) is 0 Å². The van der Waals surface area contributed by atoms with Crippen LogP contribution in [0.1, 0.15) is 6.92 Å². The number of nitrogens with zero attached hydrogens (tertiary/aromatic N) is 1. The van der Waals surface area contributed by atoms with Crippen LogP contribution in [0.3, 0.4) is 0 Å². The van der Waals surface area contributed by atoms with E-state index in [9.17, 15) is 9.59 Å². The maximum absolute atomic E-state index is 11.6. The number of carbonyl (C=O) groups is 2. The number of aromatic amines is 1. The molecule has 1 unspecified atom stereocenters. The molecule has 0 aliphatic carbocycles. The lowest BCUT2D eigenvalue weighted by Crippen LogP contribution is -2.42. The Labute approximate surface area is 120 Å². The summed E-state index contributed by atoms with van der Waals surface area (Å²) in [6, 6.07) is 6.98. The van der Waals surface area contributed by atoms with E-state index in [0.29, 0.717) is 10.9 Å². The molecule has 1 aromatic heterocycles. The van der Waals surface area contributed by atoms with Crippen molar-refractivity contribution in [3.63, 3.8) is 0 Å². The number of benzene rings is 1. The SMILES string of the molecule is COC(=O)C(CSc1nc2ccccc2[nH]1)NC(C)=O. The Morgan fingerprint density at radius 3 is 2.85 bits per heavy atom. The largest absolute Gasteiger partial charge is 0.467 e. The van der Waals surface area contributed by atoms with Crippen LogP contribution in [0.4, 0.5) is 0 Å². The van der Waals surface area contributed by atoms with Crippen LogP contribution in [-0.4, -0.2) is 40.7 Å². The molecule has 2 rings (SSSR count). The van der Waals surface area contributed by atoms with Gasteiger partial charge in [0.25, 0.3) is 0 Å². The van der Waals surface area contributed by atoms with Gasteiger partial charge in [0.1, 0.15) is 6.04 Å². The van der Waals surface area contributed by atoms with Crippen LogP contribution in [0.2, 0.25) is 0 Å². The van der Waals surface area contributed by atoms with Crippen molar-refractivity contribution in [1.82, 2.24) is 15.3 Å². The van der Waals surface area contributed by atoms with Gasteiger partial charge in [-0.15, -0.1) is 0 Å². The summed E-state index contributed by atoms with van der Waals surface area (Å²) in [5.74, 6) is -0.388. The number of fused-ring (bicyclic) bond motifs is 1. The first-order valence-electron chi connectivity index (χ1n) is 6.02. The lowest BCUT2D eigenvalue weighted by atomic mass is 10.3. The number of hydrogen-bond donors (Lipinski definition) is 2. The molecular weight excluding hydrogens is 278 g/mol. The van der Waals surface area contributed by atoms with E-state index < -0.39 is 12.0 Å². The molecule has 7 heteroatoms. The van der Waals surface area contributed by atoms with Crippen molar-refractivity contribution in [2.45, 2.75) is 18.1 Å². The van der Waals surface area contributed by atoms with Crippen LogP contribution in [0, 0.1) is 0 Å². The van der Waals surface area contributed by atoms with Crippen LogP contribution in [0.25, 0.3) is 11.0 Å². The normalized spacial score (nSPS) is 12.1. The number of para-hydroxylation sites is 2. The predicted octanol–water partition coefficient (Wildman–Crippen LogP) is 1.33. The van der Waals surface area contributed by atoms with E-state index in [0.717, 1.165) is 11.0 Å². The Morgan fingerprint density at radius 2 is 2.20 bits per heavy atom. The molecule has 6 nitrogen and oxygen atoms in total. The van der Waals surface area contributed by atoms with Gasteiger partial charge in [0, 0.05) is 12.7 Å². The summed E-state index contributed by atoms with van der Waals surface area (Å²) in [6.07, 6.45) is 0. The molecule has 0 spiro atoms. The second-order valence-electron chi connectivity index (χ2n) is 4.15. The van der Waals surface area contributed by atoms with Gasteiger partial charge in [-0.05, 0) is 12.1 Å². The smallest absolute Gasteiger partial charge is 0.329 e. The minimum atomic E-state index is -0.685. The standard InChI is InChI=1S/C13H15N3O3S/c1-8(17)14-11(12(18)19-2)7-20-13-15-9-5-3-4-6-10(9)16-13/h3-6,11H,7H2,1-2H3,(H,14,17)(H,15,16). The summed E-state index contributed by atoms with van der Waals surface area (Å²) in [7, 11) is 1.29. The number of rotatable bonds is 5. The molecular formula is C13H15N3O3S. The third-order valence-electron chi connectivity index (χ3n) is 2.62. The predicted molar refractivity (Wildman–Crippen MR) is 76.4 cm³/mol. The number of amides is 1. The van der Waals surface area contributed by atoms with Gasteiger partial charge in [-0.2, -0.15) is 0 Å². The Kier molecular flexibility index (Phi) is 4.62. The van der Waals surface area contributed by atoms with E-state index in [1.807, 2.05) is 24.3 Å². The summed E-state index contributed by atoms with van der Waals surface area (Å²) in [4.78, 5) is 30.2. The summed E-state index contributed by atoms with van der Waals surface area (Å²) in [5, 5.41) is 3.26. The number of nitrogens with one attached hydrogen (secondary N) is 2. The summed E-state index contributed by atoms with van der Waals surface area (Å²) < 4.78 is 4.66. The number of imidazole rings is 1. The van der Waals surface area contributed by atoms with Crippen molar-refractivity contribution in [1.29, 1.82) is 0 Å². The number of ether oxygens (including phenoxy) is 1. The molecule has 2 N–H and O–H groups in total. The van der Waals surface area contributed by atoms with Crippen molar-refractivity contribution in [3.05, 3.63) is 24.3 Å². The monoisotopic (exact) mass is 293 g/mol. The molecule has 0 aliphatic heterocycles. The highest BCUT2D eigenvalue weighted by Gasteiger charge is 2.20. The van der Waals surface area contributed by atoms with Gasteiger partial charge in [0.2, 0.25) is 5.91 Å². The average Bonchev–Trinajstić information content (AvgIpc) is 2.84. The highest BCUT2D eigenvalue weighted by atomic mass is 32.2. The van der Waals surface area contributed by atoms with Crippen molar-refractivity contribution in [3.8, 4) is 0 Å². The van der Waals surface area contributed by atoms with Crippen molar-refractivity contribution >= 4 is 34.7 Å². The highest BCUT2D eigenvalue weighted by Crippen LogP contribution is 2.20. The first kappa shape index (κ1) is 14.4. The minimum absolute atomic E-state index is 0.273. The number of thioether (sulfide) groups is 1. The van der Waals surface area contributed by atoms with Crippen molar-refractivity contribution < 1.29 is 14.3 Å². The molecule has 0 aliphatic rings. The zero-order valence-corrected chi connectivity index (χ0v) is 12.0. The first-order valence-corrected chi connectivity index (χ1v) is 7.01. The van der Waals surface area contributed by atoms with E-state index in [1.54, 1.807) is 0 Å². The molecule has 0 radical (unpaired) electrons. The lowest BCUT2D eigenvalue weighted by Gasteiger charge is -2.13. The molecule has 106 valence electrons. The van der Waals surface area contributed by atoms with Gasteiger partial charge in [0.15, 0.2) is 5.16 Å². The van der Waals surface area contributed by atoms with Gasteiger partial charge in [-0.1, -0.05) is 23.9 Å². The van der Waals surface area contributed by atoms with E-state index >= 15 is 0 Å². The van der Waals surface area contributed by atoms with Crippen LogP contribution < -0.4 is 5.32 Å². The fourth-order valence-electron chi connectivity index (χ4n) is 1.72. The molecule has 1 atom stereocenters. The molecule has 0 bridgehead atoms. The molecule has 0 saturated heterocycles. The second-order valence-corrected chi connectivity index (χ2v) is 5.16. The number of aromatic nitrogens is 2. The minimum Gasteiger partial charge on any atom is -0.467 e. The Hall–Kier alpha value is -2.02. The summed E-state index contributed by atoms with van der Waals surface area (Å²) in [6.45, 7) is 1.36. The van der Waals surface area contributed by atoms with E-state index in [1.165, 1.54) is 25.8 Å². The summed E-state index contributed by atoms with van der Waals surface area (Å²) >= 11 is 1.36. The molecule has 1 heterocycles. The molecule has 20 heavy (non-hydrogen) atoms. The molecule has 0 fully saturated rings. The molecule has 0 saturated carbocycles. The van der Waals surface area contributed by atoms with Gasteiger partial charge in [-0.3, -0.25) is 4.79 Å². The third-order valence-corrected chi connectivity index (χ3v) is 3.58. The van der Waals surface area contributed by atoms with Gasteiger partial charge >= 0.3 is 5.97 Å². The van der Waals surface area contributed by atoms with Gasteiger partial charge in [-0.25, -0.2) is 9.78 Å². The number of H-pyrrole nitrogens is 1. The maximum atomic E-state index is 11.6. The van der Waals surface area contributed by atoms with Crippen molar-refractivity contribution in [2.24, 2.45) is 0 Å². The Morgan fingerprint density at radius 1 is 1.45 bits per heavy atom. The van der Waals surface area contributed by atoms with Crippen LogP contribution >= 0.6 is 11.8 Å². The molecule has 2 aromatic rings. The van der Waals surface area contributed by atoms with Crippen LogP contribution in [0.15, 0.2) is 29.4 Å². The average molecular weight is 293 g/mol. The van der Waals surface area contributed by atoms with Gasteiger partial charge in [0.05, 0.1) is 18.1 Å². The number of carbonyl (C=O) groups excluding carboxylic acids is 2. The van der Waals surface area contributed by atoms with E-state index in [2.05, 4.69) is 20.0 Å². The zero-order chi connectivity index (χ0) is 14.5. The fraction of sp³-hybridized carbons (Fsp3) is 0.308. The van der Waals surface area contributed by atoms with E-state index in [-0.39, 0.29) is 5.91 Å². The number of methoxy groups -OCH3 is 1. The quantitative estimate of drug-likeness (QED) is 0.642.